The maximum Gasteiger partial charge on any atom is 0.256 e. The molecule has 0 aromatic heterocycles. The molecule has 0 unspecified atom stereocenters. The molecule has 0 saturated heterocycles. The first kappa shape index (κ1) is 17.7. The Bertz CT molecular complexity index is 713. The second-order valence-corrected chi connectivity index (χ2v) is 5.10. The molecule has 0 aliphatic carbocycles. The van der Waals surface area contributed by atoms with E-state index in [4.69, 9.17) is 14.2 Å². The predicted molar refractivity (Wildman–Crippen MR) is 94.5 cm³/mol. The Morgan fingerprint density at radius 1 is 1.00 bits per heavy atom. The fourth-order valence-corrected chi connectivity index (χ4v) is 2.47. The number of amides is 1. The molecule has 1 amide bonds. The van der Waals surface area contributed by atoms with E-state index in [2.05, 4.69) is 5.32 Å². The molecule has 24 heavy (non-hydrogen) atoms. The van der Waals surface area contributed by atoms with E-state index in [0.717, 1.165) is 5.56 Å². The molecule has 0 atom stereocenters. The minimum absolute atomic E-state index is 0.208. The summed E-state index contributed by atoms with van der Waals surface area (Å²) in [5.41, 5.74) is 2.08. The highest BCUT2D eigenvalue weighted by Gasteiger charge is 2.17. The van der Waals surface area contributed by atoms with E-state index in [1.807, 2.05) is 44.2 Å². The van der Waals surface area contributed by atoms with Crippen LogP contribution in [0.15, 0.2) is 36.4 Å². The van der Waals surface area contributed by atoms with Gasteiger partial charge in [0, 0.05) is 5.56 Å². The van der Waals surface area contributed by atoms with Crippen LogP contribution in [0.2, 0.25) is 0 Å². The molecule has 5 heteroatoms. The Balaban J connectivity index is 2.36. The third-order valence-corrected chi connectivity index (χ3v) is 3.67. The molecule has 0 bridgehead atoms. The van der Waals surface area contributed by atoms with E-state index in [0.29, 0.717) is 41.5 Å². The number of hydrogen-bond acceptors (Lipinski definition) is 4. The molecule has 0 aliphatic rings. The molecular formula is C19H23NO4. The van der Waals surface area contributed by atoms with Gasteiger partial charge in [-0.2, -0.15) is 0 Å². The van der Waals surface area contributed by atoms with E-state index < -0.39 is 0 Å². The average molecular weight is 329 g/mol. The fraction of sp³-hybridized carbons (Fsp3) is 0.316. The number of hydrogen-bond donors (Lipinski definition) is 1. The van der Waals surface area contributed by atoms with Crippen molar-refractivity contribution in [3.05, 3.63) is 47.5 Å². The number of rotatable bonds is 7. The molecular weight excluding hydrogens is 306 g/mol. The number of methoxy groups -OCH3 is 2. The van der Waals surface area contributed by atoms with Crippen molar-refractivity contribution >= 4 is 11.6 Å². The van der Waals surface area contributed by atoms with E-state index in [1.165, 1.54) is 0 Å². The molecule has 2 rings (SSSR count). The van der Waals surface area contributed by atoms with Crippen LogP contribution in [-0.2, 0) is 6.42 Å². The van der Waals surface area contributed by atoms with Crippen LogP contribution in [0.3, 0.4) is 0 Å². The summed E-state index contributed by atoms with van der Waals surface area (Å²) < 4.78 is 16.2. The third kappa shape index (κ3) is 3.79. The Morgan fingerprint density at radius 2 is 1.67 bits per heavy atom. The second kappa shape index (κ2) is 8.24. The third-order valence-electron chi connectivity index (χ3n) is 3.67. The van der Waals surface area contributed by atoms with Gasteiger partial charge in [-0.1, -0.05) is 19.1 Å². The first-order valence-electron chi connectivity index (χ1n) is 7.92. The molecule has 0 fully saturated rings. The summed E-state index contributed by atoms with van der Waals surface area (Å²) in [7, 11) is 3.13. The molecule has 128 valence electrons. The Morgan fingerprint density at radius 3 is 2.29 bits per heavy atom. The Hall–Kier alpha value is -2.69. The summed E-state index contributed by atoms with van der Waals surface area (Å²) in [5.74, 6) is 1.57. The number of nitrogens with one attached hydrogen (secondary N) is 1. The molecule has 0 heterocycles. The van der Waals surface area contributed by atoms with E-state index in [1.54, 1.807) is 20.3 Å². The zero-order valence-electron chi connectivity index (χ0n) is 14.5. The smallest absolute Gasteiger partial charge is 0.256 e. The summed E-state index contributed by atoms with van der Waals surface area (Å²) in [6, 6.07) is 10.9. The lowest BCUT2D eigenvalue weighted by atomic mass is 10.0. The van der Waals surface area contributed by atoms with Crippen LogP contribution in [0.4, 0.5) is 5.69 Å². The van der Waals surface area contributed by atoms with E-state index in [-0.39, 0.29) is 5.91 Å². The molecule has 0 radical (unpaired) electrons. The summed E-state index contributed by atoms with van der Waals surface area (Å²) in [6.07, 6.45) is 0.705. The number of carbonyl (C=O) groups is 1. The minimum Gasteiger partial charge on any atom is -0.493 e. The van der Waals surface area contributed by atoms with Crippen molar-refractivity contribution in [2.24, 2.45) is 0 Å². The van der Waals surface area contributed by atoms with Gasteiger partial charge in [0.1, 0.15) is 5.75 Å². The van der Waals surface area contributed by atoms with E-state index in [9.17, 15) is 4.79 Å². The first-order valence-corrected chi connectivity index (χ1v) is 7.92. The van der Waals surface area contributed by atoms with Crippen LogP contribution in [0, 0.1) is 0 Å². The SMILES string of the molecule is CCOc1ccccc1NC(=O)c1cc(OC)c(OC)cc1CC. The number of aryl methyl sites for hydroxylation is 1. The summed E-state index contributed by atoms with van der Waals surface area (Å²) in [4.78, 5) is 12.8. The molecule has 2 aromatic rings. The van der Waals surface area contributed by atoms with Gasteiger partial charge in [-0.25, -0.2) is 0 Å². The lowest BCUT2D eigenvalue weighted by Gasteiger charge is -2.15. The van der Waals surface area contributed by atoms with Crippen molar-refractivity contribution in [2.45, 2.75) is 20.3 Å². The molecule has 2 aromatic carbocycles. The molecule has 5 nitrogen and oxygen atoms in total. The topological polar surface area (TPSA) is 56.8 Å². The van der Waals surface area contributed by atoms with Gasteiger partial charge < -0.3 is 19.5 Å². The quantitative estimate of drug-likeness (QED) is 0.836. The highest BCUT2D eigenvalue weighted by molar-refractivity contribution is 6.06. The van der Waals surface area contributed by atoms with Crippen LogP contribution in [0.25, 0.3) is 0 Å². The Labute approximate surface area is 142 Å². The minimum atomic E-state index is -0.208. The first-order chi connectivity index (χ1) is 11.6. The van der Waals surface area contributed by atoms with Crippen LogP contribution >= 0.6 is 0 Å². The maximum atomic E-state index is 12.8. The van der Waals surface area contributed by atoms with Gasteiger partial charge in [0.25, 0.3) is 5.91 Å². The number of benzene rings is 2. The average Bonchev–Trinajstić information content (AvgIpc) is 2.62. The highest BCUT2D eigenvalue weighted by atomic mass is 16.5. The van der Waals surface area contributed by atoms with Crippen molar-refractivity contribution in [3.63, 3.8) is 0 Å². The van der Waals surface area contributed by atoms with Crippen molar-refractivity contribution in [3.8, 4) is 17.2 Å². The lowest BCUT2D eigenvalue weighted by Crippen LogP contribution is -2.15. The fourth-order valence-electron chi connectivity index (χ4n) is 2.47. The Kier molecular flexibility index (Phi) is 6.07. The van der Waals surface area contributed by atoms with Gasteiger partial charge in [0.05, 0.1) is 26.5 Å². The van der Waals surface area contributed by atoms with Gasteiger partial charge in [-0.3, -0.25) is 4.79 Å². The van der Waals surface area contributed by atoms with Gasteiger partial charge in [0.2, 0.25) is 0 Å². The van der Waals surface area contributed by atoms with Crippen LogP contribution in [-0.4, -0.2) is 26.7 Å². The van der Waals surface area contributed by atoms with Crippen LogP contribution in [0.5, 0.6) is 17.2 Å². The monoisotopic (exact) mass is 329 g/mol. The van der Waals surface area contributed by atoms with Crippen molar-refractivity contribution in [1.82, 2.24) is 0 Å². The van der Waals surface area contributed by atoms with Crippen LogP contribution in [0.1, 0.15) is 29.8 Å². The van der Waals surface area contributed by atoms with Gasteiger partial charge in [0.15, 0.2) is 11.5 Å². The normalized spacial score (nSPS) is 10.2. The maximum absolute atomic E-state index is 12.8. The van der Waals surface area contributed by atoms with Gasteiger partial charge >= 0.3 is 0 Å². The molecule has 0 spiro atoms. The zero-order chi connectivity index (χ0) is 17.5. The predicted octanol–water partition coefficient (Wildman–Crippen LogP) is 3.92. The van der Waals surface area contributed by atoms with Crippen molar-refractivity contribution in [1.29, 1.82) is 0 Å². The summed E-state index contributed by atoms with van der Waals surface area (Å²) in [5, 5.41) is 2.91. The highest BCUT2D eigenvalue weighted by Crippen LogP contribution is 2.32. The lowest BCUT2D eigenvalue weighted by molar-refractivity contribution is 0.102. The number of ether oxygens (including phenoxy) is 3. The van der Waals surface area contributed by atoms with Crippen molar-refractivity contribution in [2.75, 3.05) is 26.1 Å². The summed E-state index contributed by atoms with van der Waals surface area (Å²) >= 11 is 0. The van der Waals surface area contributed by atoms with E-state index >= 15 is 0 Å². The number of carbonyl (C=O) groups excluding carboxylic acids is 1. The standard InChI is InChI=1S/C19H23NO4/c1-5-13-11-17(22-3)18(23-4)12-14(13)19(21)20-15-9-7-8-10-16(15)24-6-2/h7-12H,5-6H2,1-4H3,(H,20,21). The number of para-hydroxylation sites is 2. The van der Waals surface area contributed by atoms with Gasteiger partial charge in [-0.15, -0.1) is 0 Å². The molecule has 1 N–H and O–H groups in total. The zero-order valence-corrected chi connectivity index (χ0v) is 14.5. The van der Waals surface area contributed by atoms with Crippen LogP contribution < -0.4 is 19.5 Å². The number of anilines is 1. The van der Waals surface area contributed by atoms with Gasteiger partial charge in [-0.05, 0) is 43.2 Å². The molecule has 0 aliphatic heterocycles. The molecule has 0 saturated carbocycles. The second-order valence-electron chi connectivity index (χ2n) is 5.10. The summed E-state index contributed by atoms with van der Waals surface area (Å²) in [6.45, 7) is 4.43. The largest absolute Gasteiger partial charge is 0.493 e. The van der Waals surface area contributed by atoms with Crippen molar-refractivity contribution < 1.29 is 19.0 Å².